The lowest BCUT2D eigenvalue weighted by molar-refractivity contribution is -0.156. The van der Waals surface area contributed by atoms with E-state index < -0.39 is 5.82 Å². The van der Waals surface area contributed by atoms with Gasteiger partial charge in [-0.05, 0) is 43.1 Å². The molecule has 0 radical (unpaired) electrons. The smallest absolute Gasteiger partial charge is 0.270 e. The molecule has 0 atom stereocenters. The Morgan fingerprint density at radius 1 is 1.32 bits per heavy atom. The summed E-state index contributed by atoms with van der Waals surface area (Å²) < 4.78 is 15.1. The zero-order valence-corrected chi connectivity index (χ0v) is 20.1. The number of aryl methyl sites for hydroxylation is 1. The number of likely N-dealkylation sites (N-methyl/N-ethyl adjacent to an activating group) is 1. The Morgan fingerprint density at radius 2 is 2.12 bits per heavy atom. The molecule has 2 N–H and O–H groups in total. The standard InChI is InChI=1S/C26H31FN4O3/c1-5-8-18(25(32)28-4)10-9-17(6-2)20-13-14-31(34-16-20)15-19-11-12-22-24(23(19)27)30-26(33)21(7-3)29-22/h6,8-13H,5,7,14-16H2,1-4H3,(H,28,32)(H,30,33)/b10-9-,17-6+,18-8-. The quantitative estimate of drug-likeness (QED) is 0.455. The van der Waals surface area contributed by atoms with Crippen molar-refractivity contribution in [2.45, 2.75) is 40.2 Å². The molecule has 7 nitrogen and oxygen atoms in total. The van der Waals surface area contributed by atoms with Crippen molar-refractivity contribution in [3.63, 3.8) is 0 Å². The second-order valence-corrected chi connectivity index (χ2v) is 7.85. The van der Waals surface area contributed by atoms with Crippen molar-refractivity contribution in [3.05, 3.63) is 86.7 Å². The highest BCUT2D eigenvalue weighted by Gasteiger charge is 2.18. The Labute approximate surface area is 198 Å². The van der Waals surface area contributed by atoms with E-state index in [9.17, 15) is 9.59 Å². The van der Waals surface area contributed by atoms with Crippen molar-refractivity contribution in [3.8, 4) is 0 Å². The molecule has 2 heterocycles. The van der Waals surface area contributed by atoms with E-state index in [0.717, 1.165) is 17.6 Å². The highest BCUT2D eigenvalue weighted by atomic mass is 19.1. The summed E-state index contributed by atoms with van der Waals surface area (Å²) in [6.45, 7) is 6.76. The lowest BCUT2D eigenvalue weighted by atomic mass is 10.0. The Morgan fingerprint density at radius 3 is 2.74 bits per heavy atom. The molecule has 8 heteroatoms. The second-order valence-electron chi connectivity index (χ2n) is 7.85. The fourth-order valence-corrected chi connectivity index (χ4v) is 3.72. The van der Waals surface area contributed by atoms with Crippen molar-refractivity contribution in [2.75, 3.05) is 20.2 Å². The maximum Gasteiger partial charge on any atom is 0.270 e. The van der Waals surface area contributed by atoms with E-state index >= 15 is 4.39 Å². The molecular weight excluding hydrogens is 435 g/mol. The predicted octanol–water partition coefficient (Wildman–Crippen LogP) is 3.88. The maximum absolute atomic E-state index is 15.1. The Balaban J connectivity index is 1.73. The van der Waals surface area contributed by atoms with E-state index in [0.29, 0.717) is 41.9 Å². The molecule has 34 heavy (non-hydrogen) atoms. The van der Waals surface area contributed by atoms with Crippen LogP contribution in [-0.2, 0) is 22.6 Å². The van der Waals surface area contributed by atoms with Crippen LogP contribution in [0.1, 0.15) is 38.4 Å². The number of carbonyl (C=O) groups is 1. The van der Waals surface area contributed by atoms with Crippen LogP contribution < -0.4 is 10.9 Å². The molecule has 1 aliphatic rings. The number of aromatic nitrogens is 2. The lowest BCUT2D eigenvalue weighted by Crippen LogP contribution is -2.29. The monoisotopic (exact) mass is 466 g/mol. The van der Waals surface area contributed by atoms with Gasteiger partial charge >= 0.3 is 0 Å². The van der Waals surface area contributed by atoms with Gasteiger partial charge in [0.05, 0.1) is 18.7 Å². The van der Waals surface area contributed by atoms with Gasteiger partial charge in [-0.1, -0.05) is 44.2 Å². The van der Waals surface area contributed by atoms with Crippen LogP contribution in [0.3, 0.4) is 0 Å². The molecule has 0 saturated heterocycles. The van der Waals surface area contributed by atoms with Gasteiger partial charge in [-0.15, -0.1) is 0 Å². The second kappa shape index (κ2) is 11.7. The SMILES string of the molecule is C\C=C(/C=C\C(=C\CC)C(=O)NC)C1=CCN(Cc2ccc3nc(CC)c(=O)[nH]c3c2F)OC1. The first kappa shape index (κ1) is 25.3. The van der Waals surface area contributed by atoms with Gasteiger partial charge in [0.25, 0.3) is 11.5 Å². The highest BCUT2D eigenvalue weighted by molar-refractivity contribution is 5.96. The van der Waals surface area contributed by atoms with Gasteiger partial charge in [-0.25, -0.2) is 9.37 Å². The number of H-pyrrole nitrogens is 1. The topological polar surface area (TPSA) is 87.3 Å². The van der Waals surface area contributed by atoms with Crippen LogP contribution in [0.15, 0.2) is 64.0 Å². The van der Waals surface area contributed by atoms with E-state index in [1.807, 2.05) is 45.1 Å². The van der Waals surface area contributed by atoms with Crippen LogP contribution in [0.2, 0.25) is 0 Å². The van der Waals surface area contributed by atoms with Crippen molar-refractivity contribution in [1.29, 1.82) is 0 Å². The van der Waals surface area contributed by atoms with Gasteiger partial charge in [0.15, 0.2) is 5.82 Å². The molecule has 2 aromatic rings. The van der Waals surface area contributed by atoms with Crippen LogP contribution in [0.5, 0.6) is 0 Å². The largest absolute Gasteiger partial charge is 0.355 e. The van der Waals surface area contributed by atoms with Crippen molar-refractivity contribution in [1.82, 2.24) is 20.3 Å². The van der Waals surface area contributed by atoms with Gasteiger partial charge in [-0.2, -0.15) is 5.06 Å². The van der Waals surface area contributed by atoms with Gasteiger partial charge in [-0.3, -0.25) is 14.4 Å². The molecule has 0 saturated carbocycles. The third-order valence-electron chi connectivity index (χ3n) is 5.62. The number of allylic oxidation sites excluding steroid dienone is 3. The molecule has 1 aromatic heterocycles. The minimum Gasteiger partial charge on any atom is -0.355 e. The average molecular weight is 467 g/mol. The summed E-state index contributed by atoms with van der Waals surface area (Å²) in [5, 5.41) is 4.32. The van der Waals surface area contributed by atoms with E-state index in [1.54, 1.807) is 30.3 Å². The molecule has 0 aliphatic carbocycles. The number of aromatic amines is 1. The number of rotatable bonds is 8. The first-order valence-electron chi connectivity index (χ1n) is 11.5. The summed E-state index contributed by atoms with van der Waals surface area (Å²) in [6, 6.07) is 3.39. The summed E-state index contributed by atoms with van der Waals surface area (Å²) in [6.07, 6.45) is 10.8. The fourth-order valence-electron chi connectivity index (χ4n) is 3.72. The third-order valence-corrected chi connectivity index (χ3v) is 5.62. The van der Waals surface area contributed by atoms with Gasteiger partial charge in [0.1, 0.15) is 11.2 Å². The van der Waals surface area contributed by atoms with Crippen molar-refractivity contribution < 1.29 is 14.0 Å². The number of nitrogens with one attached hydrogen (secondary N) is 2. The molecule has 180 valence electrons. The molecule has 3 rings (SSSR count). The summed E-state index contributed by atoms with van der Waals surface area (Å²) in [4.78, 5) is 36.8. The Kier molecular flexibility index (Phi) is 8.67. The van der Waals surface area contributed by atoms with Crippen LogP contribution in [0.4, 0.5) is 4.39 Å². The van der Waals surface area contributed by atoms with Gasteiger partial charge in [0.2, 0.25) is 0 Å². The Bertz CT molecular complexity index is 1240. The summed E-state index contributed by atoms with van der Waals surface area (Å²) in [5.74, 6) is -0.627. The minimum atomic E-state index is -0.496. The number of fused-ring (bicyclic) bond motifs is 1. The van der Waals surface area contributed by atoms with E-state index in [4.69, 9.17) is 4.84 Å². The molecule has 0 bridgehead atoms. The number of benzene rings is 1. The summed E-state index contributed by atoms with van der Waals surface area (Å²) in [7, 11) is 1.61. The number of amides is 1. The van der Waals surface area contributed by atoms with Gasteiger partial charge < -0.3 is 10.3 Å². The maximum atomic E-state index is 15.1. The first-order valence-corrected chi connectivity index (χ1v) is 11.5. The zero-order valence-electron chi connectivity index (χ0n) is 20.1. The van der Waals surface area contributed by atoms with Gasteiger partial charge in [0, 0.05) is 24.7 Å². The first-order chi connectivity index (χ1) is 16.4. The van der Waals surface area contributed by atoms with Crippen LogP contribution in [0, 0.1) is 5.82 Å². The zero-order chi connectivity index (χ0) is 24.7. The average Bonchev–Trinajstić information content (AvgIpc) is 2.85. The number of hydrogen-bond donors (Lipinski definition) is 2. The van der Waals surface area contributed by atoms with E-state index in [-0.39, 0.29) is 23.5 Å². The van der Waals surface area contributed by atoms with Crippen molar-refractivity contribution >= 4 is 16.9 Å². The summed E-state index contributed by atoms with van der Waals surface area (Å²) >= 11 is 0. The molecule has 0 spiro atoms. The third kappa shape index (κ3) is 5.76. The Hall–Kier alpha value is -3.36. The number of halogens is 1. The van der Waals surface area contributed by atoms with Crippen molar-refractivity contribution in [2.24, 2.45) is 0 Å². The normalized spacial score (nSPS) is 15.7. The predicted molar refractivity (Wildman–Crippen MR) is 131 cm³/mol. The fraction of sp³-hybridized carbons (Fsp3) is 0.346. The van der Waals surface area contributed by atoms with E-state index in [1.165, 1.54) is 0 Å². The number of hydrogen-bond acceptors (Lipinski definition) is 5. The van der Waals surface area contributed by atoms with Crippen LogP contribution >= 0.6 is 0 Å². The molecule has 0 fully saturated rings. The molecule has 1 aliphatic heterocycles. The molecular formula is C26H31FN4O3. The van der Waals surface area contributed by atoms with E-state index in [2.05, 4.69) is 15.3 Å². The summed E-state index contributed by atoms with van der Waals surface area (Å²) in [5.41, 5.74) is 3.52. The van der Waals surface area contributed by atoms with Crippen LogP contribution in [0.25, 0.3) is 11.0 Å². The molecule has 1 amide bonds. The molecule has 0 unspecified atom stereocenters. The number of carbonyl (C=O) groups excluding carboxylic acids is 1. The number of hydroxylamine groups is 2. The molecule has 1 aromatic carbocycles. The minimum absolute atomic E-state index is 0.112. The van der Waals surface area contributed by atoms with Crippen LogP contribution in [-0.4, -0.2) is 41.1 Å². The number of nitrogens with zero attached hydrogens (tertiary/aromatic N) is 2. The highest BCUT2D eigenvalue weighted by Crippen LogP contribution is 2.22. The lowest BCUT2D eigenvalue weighted by Gasteiger charge is -2.26.